The van der Waals surface area contributed by atoms with Crippen LogP contribution in [0.25, 0.3) is 11.3 Å². The Morgan fingerprint density at radius 1 is 1.41 bits per heavy atom. The number of hydrogen-bond acceptors (Lipinski definition) is 2. The smallest absolute Gasteiger partial charge is 0.352 e. The van der Waals surface area contributed by atoms with Crippen molar-refractivity contribution in [2.24, 2.45) is 14.1 Å². The second kappa shape index (κ2) is 4.08. The summed E-state index contributed by atoms with van der Waals surface area (Å²) in [6.45, 7) is 2.03. The van der Waals surface area contributed by atoms with E-state index in [2.05, 4.69) is 5.10 Å². The van der Waals surface area contributed by atoms with E-state index in [1.165, 1.54) is 0 Å². The number of rotatable bonds is 3. The highest BCUT2D eigenvalue weighted by Gasteiger charge is 2.16. The fourth-order valence-electron chi connectivity index (χ4n) is 2.01. The number of carbonyl (C=O) groups is 1. The van der Waals surface area contributed by atoms with Crippen molar-refractivity contribution in [1.82, 2.24) is 14.3 Å². The van der Waals surface area contributed by atoms with Gasteiger partial charge in [-0.2, -0.15) is 5.10 Å². The molecule has 0 aromatic carbocycles. The standard InChI is InChI=1S/C12H15N3O2/c1-4-9-8(7-14(2)13-9)10-5-6-11(12(16)17)15(10)3/h5-7H,4H2,1-3H3,(H,16,17). The molecule has 0 spiro atoms. The Morgan fingerprint density at radius 2 is 2.12 bits per heavy atom. The molecular weight excluding hydrogens is 218 g/mol. The zero-order valence-electron chi connectivity index (χ0n) is 10.1. The molecular formula is C12H15N3O2. The SMILES string of the molecule is CCc1nn(C)cc1-c1ccc(C(=O)O)n1C. The molecule has 5 heteroatoms. The molecule has 2 aromatic heterocycles. The number of nitrogens with zero attached hydrogens (tertiary/aromatic N) is 3. The Bertz CT molecular complexity index is 566. The number of aryl methyl sites for hydroxylation is 2. The van der Waals surface area contributed by atoms with E-state index < -0.39 is 5.97 Å². The predicted octanol–water partition coefficient (Wildman–Crippen LogP) is 1.69. The maximum Gasteiger partial charge on any atom is 0.352 e. The second-order valence-electron chi connectivity index (χ2n) is 3.98. The number of hydrogen-bond donors (Lipinski definition) is 1. The van der Waals surface area contributed by atoms with Gasteiger partial charge in [0.25, 0.3) is 0 Å². The topological polar surface area (TPSA) is 60.1 Å². The van der Waals surface area contributed by atoms with E-state index in [4.69, 9.17) is 5.11 Å². The molecule has 1 N–H and O–H groups in total. The third-order valence-electron chi connectivity index (χ3n) is 2.86. The Hall–Kier alpha value is -2.04. The molecule has 2 heterocycles. The molecule has 90 valence electrons. The molecule has 17 heavy (non-hydrogen) atoms. The van der Waals surface area contributed by atoms with Gasteiger partial charge in [-0.1, -0.05) is 6.92 Å². The highest BCUT2D eigenvalue weighted by molar-refractivity contribution is 5.87. The van der Waals surface area contributed by atoms with Gasteiger partial charge in [0.15, 0.2) is 0 Å². The van der Waals surface area contributed by atoms with Crippen LogP contribution in [-0.4, -0.2) is 25.4 Å². The minimum absolute atomic E-state index is 0.283. The van der Waals surface area contributed by atoms with Gasteiger partial charge in [-0.05, 0) is 18.6 Å². The third-order valence-corrected chi connectivity index (χ3v) is 2.86. The summed E-state index contributed by atoms with van der Waals surface area (Å²) >= 11 is 0. The number of carboxylic acid groups (broad SMARTS) is 1. The summed E-state index contributed by atoms with van der Waals surface area (Å²) in [7, 11) is 3.62. The van der Waals surface area contributed by atoms with Gasteiger partial charge in [0.1, 0.15) is 5.69 Å². The molecule has 0 aliphatic rings. The molecule has 0 saturated heterocycles. The van der Waals surface area contributed by atoms with Gasteiger partial charge >= 0.3 is 5.97 Å². The van der Waals surface area contributed by atoms with Gasteiger partial charge in [-0.25, -0.2) is 4.79 Å². The third kappa shape index (κ3) is 1.84. The first-order valence-corrected chi connectivity index (χ1v) is 5.46. The maximum absolute atomic E-state index is 11.0. The molecule has 0 amide bonds. The van der Waals surface area contributed by atoms with Gasteiger partial charge in [-0.15, -0.1) is 0 Å². The molecule has 0 unspecified atom stereocenters. The molecule has 0 fully saturated rings. The largest absolute Gasteiger partial charge is 0.477 e. The highest BCUT2D eigenvalue weighted by atomic mass is 16.4. The number of aromatic nitrogens is 3. The minimum atomic E-state index is -0.916. The Kier molecular flexibility index (Phi) is 2.75. The number of aromatic carboxylic acids is 1. The van der Waals surface area contributed by atoms with Crippen LogP contribution in [-0.2, 0) is 20.5 Å². The van der Waals surface area contributed by atoms with E-state index in [-0.39, 0.29) is 5.69 Å². The lowest BCUT2D eigenvalue weighted by atomic mass is 10.1. The molecule has 5 nitrogen and oxygen atoms in total. The Morgan fingerprint density at radius 3 is 2.65 bits per heavy atom. The lowest BCUT2D eigenvalue weighted by Gasteiger charge is -2.04. The maximum atomic E-state index is 11.0. The summed E-state index contributed by atoms with van der Waals surface area (Å²) in [5, 5.41) is 13.4. The molecule has 0 bridgehead atoms. The minimum Gasteiger partial charge on any atom is -0.477 e. The zero-order valence-corrected chi connectivity index (χ0v) is 10.1. The Balaban J connectivity index is 2.56. The quantitative estimate of drug-likeness (QED) is 0.877. The lowest BCUT2D eigenvalue weighted by molar-refractivity contribution is 0.0687. The summed E-state index contributed by atoms with van der Waals surface area (Å²) in [5.41, 5.74) is 3.13. The first-order chi connectivity index (χ1) is 8.04. The average molecular weight is 233 g/mol. The van der Waals surface area contributed by atoms with Crippen molar-refractivity contribution >= 4 is 5.97 Å². The summed E-state index contributed by atoms with van der Waals surface area (Å²) in [5.74, 6) is -0.916. The summed E-state index contributed by atoms with van der Waals surface area (Å²) in [6, 6.07) is 3.43. The normalized spacial score (nSPS) is 10.8. The van der Waals surface area contributed by atoms with Gasteiger partial charge in [-0.3, -0.25) is 4.68 Å². The fourth-order valence-corrected chi connectivity index (χ4v) is 2.01. The van der Waals surface area contributed by atoms with Gasteiger partial charge in [0, 0.05) is 25.9 Å². The van der Waals surface area contributed by atoms with Crippen LogP contribution >= 0.6 is 0 Å². The van der Waals surface area contributed by atoms with E-state index in [1.807, 2.05) is 26.2 Å². The number of carboxylic acids is 1. The molecule has 2 rings (SSSR count). The van der Waals surface area contributed by atoms with Crippen LogP contribution in [0.4, 0.5) is 0 Å². The molecule has 0 aliphatic heterocycles. The molecule has 0 atom stereocenters. The van der Waals surface area contributed by atoms with Crippen molar-refractivity contribution in [2.75, 3.05) is 0 Å². The average Bonchev–Trinajstić information content (AvgIpc) is 2.81. The van der Waals surface area contributed by atoms with Crippen LogP contribution in [0.15, 0.2) is 18.3 Å². The second-order valence-corrected chi connectivity index (χ2v) is 3.98. The first kappa shape index (κ1) is 11.4. The van der Waals surface area contributed by atoms with Crippen LogP contribution in [0.1, 0.15) is 23.1 Å². The highest BCUT2D eigenvalue weighted by Crippen LogP contribution is 2.24. The van der Waals surface area contributed by atoms with E-state index in [0.717, 1.165) is 23.4 Å². The van der Waals surface area contributed by atoms with Crippen molar-refractivity contribution in [2.45, 2.75) is 13.3 Å². The van der Waals surface area contributed by atoms with Crippen molar-refractivity contribution in [1.29, 1.82) is 0 Å². The monoisotopic (exact) mass is 233 g/mol. The van der Waals surface area contributed by atoms with Crippen molar-refractivity contribution in [3.63, 3.8) is 0 Å². The molecule has 0 radical (unpaired) electrons. The lowest BCUT2D eigenvalue weighted by Crippen LogP contribution is -2.05. The van der Waals surface area contributed by atoms with Gasteiger partial charge < -0.3 is 9.67 Å². The van der Waals surface area contributed by atoms with E-state index in [9.17, 15) is 4.79 Å². The molecule has 2 aromatic rings. The first-order valence-electron chi connectivity index (χ1n) is 5.46. The van der Waals surface area contributed by atoms with Crippen molar-refractivity contribution in [3.8, 4) is 11.3 Å². The van der Waals surface area contributed by atoms with Gasteiger partial charge in [0.2, 0.25) is 0 Å². The van der Waals surface area contributed by atoms with Crippen LogP contribution < -0.4 is 0 Å². The Labute approximate surface area is 99.3 Å². The summed E-state index contributed by atoms with van der Waals surface area (Å²) < 4.78 is 3.43. The summed E-state index contributed by atoms with van der Waals surface area (Å²) in [6.07, 6.45) is 2.74. The van der Waals surface area contributed by atoms with E-state index in [0.29, 0.717) is 0 Å². The van der Waals surface area contributed by atoms with Crippen LogP contribution in [0.3, 0.4) is 0 Å². The van der Waals surface area contributed by atoms with E-state index in [1.54, 1.807) is 22.4 Å². The fraction of sp³-hybridized carbons (Fsp3) is 0.333. The van der Waals surface area contributed by atoms with Gasteiger partial charge in [0.05, 0.1) is 11.4 Å². The van der Waals surface area contributed by atoms with Crippen LogP contribution in [0.2, 0.25) is 0 Å². The summed E-state index contributed by atoms with van der Waals surface area (Å²) in [4.78, 5) is 11.0. The molecule has 0 aliphatic carbocycles. The van der Waals surface area contributed by atoms with Crippen molar-refractivity contribution in [3.05, 3.63) is 29.7 Å². The van der Waals surface area contributed by atoms with E-state index >= 15 is 0 Å². The van der Waals surface area contributed by atoms with Crippen LogP contribution in [0.5, 0.6) is 0 Å². The van der Waals surface area contributed by atoms with Crippen LogP contribution in [0, 0.1) is 0 Å². The predicted molar refractivity (Wildman–Crippen MR) is 64.0 cm³/mol. The zero-order chi connectivity index (χ0) is 12.6. The molecule has 0 saturated carbocycles. The van der Waals surface area contributed by atoms with Crippen molar-refractivity contribution < 1.29 is 9.90 Å².